The number of piperidine rings is 1. The van der Waals surface area contributed by atoms with Gasteiger partial charge in [0.2, 0.25) is 0 Å². The van der Waals surface area contributed by atoms with Gasteiger partial charge in [0.05, 0.1) is 12.1 Å². The molecule has 0 unspecified atom stereocenters. The van der Waals surface area contributed by atoms with E-state index in [1.54, 1.807) is 11.2 Å². The molecule has 1 N–H and O–H groups in total. The van der Waals surface area contributed by atoms with Crippen LogP contribution in [0, 0.1) is 0 Å². The van der Waals surface area contributed by atoms with Crippen molar-refractivity contribution in [2.45, 2.75) is 50.4 Å². The van der Waals surface area contributed by atoms with Crippen molar-refractivity contribution in [3.05, 3.63) is 71.5 Å². The Morgan fingerprint density at radius 3 is 2.52 bits per heavy atom. The van der Waals surface area contributed by atoms with Crippen molar-refractivity contribution < 1.29 is 9.90 Å². The number of hydrogen-bond acceptors (Lipinski definition) is 5. The number of hydrogen-bond donors (Lipinski definition) is 1. The molecule has 1 saturated heterocycles. The quantitative estimate of drug-likeness (QED) is 0.671. The van der Waals surface area contributed by atoms with Crippen LogP contribution < -0.4 is 0 Å². The molecule has 2 aliphatic heterocycles. The topological polar surface area (TPSA) is 74.5 Å². The van der Waals surface area contributed by atoms with E-state index in [0.717, 1.165) is 50.2 Å². The molecule has 0 bridgehead atoms. The van der Waals surface area contributed by atoms with Gasteiger partial charge in [-0.05, 0) is 48.9 Å². The van der Waals surface area contributed by atoms with Gasteiger partial charge in [0, 0.05) is 43.3 Å². The van der Waals surface area contributed by atoms with Crippen molar-refractivity contribution in [3.8, 4) is 11.4 Å². The molecule has 33 heavy (non-hydrogen) atoms. The minimum atomic E-state index is -0.538. The molecule has 3 aliphatic rings. The zero-order valence-electron chi connectivity index (χ0n) is 18.7. The normalized spacial score (nSPS) is 23.4. The lowest BCUT2D eigenvalue weighted by Gasteiger charge is -2.43. The monoisotopic (exact) mass is 443 g/mol. The van der Waals surface area contributed by atoms with Crippen molar-refractivity contribution >= 4 is 5.91 Å². The zero-order chi connectivity index (χ0) is 22.4. The third-order valence-electron chi connectivity index (χ3n) is 7.32. The van der Waals surface area contributed by atoms with Crippen molar-refractivity contribution in [2.24, 2.45) is 0 Å². The van der Waals surface area contributed by atoms with E-state index < -0.39 is 6.10 Å². The fraction of sp³-hybridized carbons (Fsp3) is 0.423. The fourth-order valence-corrected chi connectivity index (χ4v) is 5.32. The predicted molar refractivity (Wildman–Crippen MR) is 125 cm³/mol. The number of likely N-dealkylation sites (tertiary alicyclic amines) is 1. The Morgan fingerprint density at radius 2 is 1.76 bits per heavy atom. The summed E-state index contributed by atoms with van der Waals surface area (Å²) in [5.74, 6) is 0.836. The molecule has 2 aromatic carbocycles. The minimum Gasteiger partial charge on any atom is -0.390 e. The largest absolute Gasteiger partial charge is 0.390 e. The van der Waals surface area contributed by atoms with Crippen LogP contribution in [-0.2, 0) is 13.0 Å². The van der Waals surface area contributed by atoms with Gasteiger partial charge in [-0.2, -0.15) is 5.10 Å². The van der Waals surface area contributed by atoms with E-state index >= 15 is 0 Å². The number of carbonyl (C=O) groups is 1. The van der Waals surface area contributed by atoms with Gasteiger partial charge in [-0.15, -0.1) is 0 Å². The van der Waals surface area contributed by atoms with Crippen molar-refractivity contribution in [2.75, 3.05) is 19.6 Å². The molecular formula is C26H29N5O2. The number of aromatic nitrogens is 3. The van der Waals surface area contributed by atoms with Crippen LogP contribution in [0.15, 0.2) is 54.9 Å². The van der Waals surface area contributed by atoms with Crippen molar-refractivity contribution in [1.29, 1.82) is 0 Å². The lowest BCUT2D eigenvalue weighted by atomic mass is 9.94. The van der Waals surface area contributed by atoms with Crippen LogP contribution in [0.1, 0.15) is 46.8 Å². The highest BCUT2D eigenvalue weighted by atomic mass is 16.3. The molecule has 7 heteroatoms. The molecule has 1 aromatic heterocycles. The van der Waals surface area contributed by atoms with E-state index in [0.29, 0.717) is 24.7 Å². The van der Waals surface area contributed by atoms with Gasteiger partial charge in [0.25, 0.3) is 5.91 Å². The summed E-state index contributed by atoms with van der Waals surface area (Å²) in [6.45, 7) is 2.87. The second-order valence-electron chi connectivity index (χ2n) is 9.50. The molecule has 1 amide bonds. The second kappa shape index (κ2) is 8.39. The van der Waals surface area contributed by atoms with Gasteiger partial charge in [0.15, 0.2) is 5.82 Å². The Balaban J connectivity index is 1.11. The van der Waals surface area contributed by atoms with Crippen LogP contribution in [0.4, 0.5) is 0 Å². The van der Waals surface area contributed by atoms with E-state index in [1.165, 1.54) is 11.1 Å². The Morgan fingerprint density at radius 1 is 0.970 bits per heavy atom. The van der Waals surface area contributed by atoms with Crippen molar-refractivity contribution in [1.82, 2.24) is 24.6 Å². The average molecular weight is 444 g/mol. The summed E-state index contributed by atoms with van der Waals surface area (Å²) in [7, 11) is 0. The fourth-order valence-electron chi connectivity index (χ4n) is 5.32. The molecule has 3 aromatic rings. The molecule has 3 heterocycles. The summed E-state index contributed by atoms with van der Waals surface area (Å²) in [6, 6.07) is 16.7. The smallest absolute Gasteiger partial charge is 0.253 e. The number of carbonyl (C=O) groups excluding carboxylic acids is 1. The lowest BCUT2D eigenvalue weighted by molar-refractivity contribution is -0.0137. The van der Waals surface area contributed by atoms with Crippen molar-refractivity contribution in [3.63, 3.8) is 0 Å². The van der Waals surface area contributed by atoms with E-state index in [-0.39, 0.29) is 11.9 Å². The van der Waals surface area contributed by atoms with E-state index in [9.17, 15) is 9.90 Å². The highest BCUT2D eigenvalue weighted by molar-refractivity contribution is 5.94. The maximum Gasteiger partial charge on any atom is 0.253 e. The number of aliphatic hydroxyl groups is 1. The average Bonchev–Trinajstić information content (AvgIpc) is 3.59. The summed E-state index contributed by atoms with van der Waals surface area (Å²) >= 11 is 0. The number of amides is 1. The van der Waals surface area contributed by atoms with Crippen LogP contribution in [0.2, 0.25) is 0 Å². The molecule has 2 fully saturated rings. The number of rotatable bonds is 4. The third kappa shape index (κ3) is 3.96. The number of nitrogens with zero attached hydrogens (tertiary/aromatic N) is 5. The van der Waals surface area contributed by atoms with Gasteiger partial charge < -0.3 is 10.0 Å². The molecule has 0 radical (unpaired) electrons. The van der Waals surface area contributed by atoms with E-state index in [2.05, 4.69) is 39.2 Å². The Labute approximate surface area is 193 Å². The highest BCUT2D eigenvalue weighted by Gasteiger charge is 2.35. The molecular weight excluding hydrogens is 414 g/mol. The van der Waals surface area contributed by atoms with Crippen LogP contribution in [0.5, 0.6) is 0 Å². The minimum absolute atomic E-state index is 0.0216. The number of fused-ring (bicyclic) bond motifs is 1. The summed E-state index contributed by atoms with van der Waals surface area (Å²) < 4.78 is 1.98. The Bertz CT molecular complexity index is 1150. The number of benzene rings is 2. The number of aliphatic hydroxyl groups excluding tert-OH is 1. The SMILES string of the molecule is O=C(c1ccc(-c2ncnn2C2CC2)cc1)N1CC[C@@H](N2CCc3ccccc3C2)[C@H](O)C1. The molecule has 1 aliphatic carbocycles. The molecule has 2 atom stereocenters. The number of β-amino-alcohol motifs (C(OH)–C–C–N with tert-alkyl or cyclic N) is 1. The first-order valence-corrected chi connectivity index (χ1v) is 12.0. The molecule has 1 saturated carbocycles. The van der Waals surface area contributed by atoms with Gasteiger partial charge in [0.1, 0.15) is 6.33 Å². The van der Waals surface area contributed by atoms with Gasteiger partial charge >= 0.3 is 0 Å². The standard InChI is InChI=1S/C26H29N5O2/c32-24-16-30(14-12-23(24)29-13-11-18-3-1-2-4-21(18)15-29)26(33)20-7-5-19(6-8-20)25-27-17-28-31(25)22-9-10-22/h1-8,17,22-24,32H,9-16H2/t23-,24-/m1/s1. The molecule has 7 nitrogen and oxygen atoms in total. The maximum absolute atomic E-state index is 13.1. The van der Waals surface area contributed by atoms with Gasteiger partial charge in [-0.25, -0.2) is 9.67 Å². The van der Waals surface area contributed by atoms with Crippen LogP contribution in [-0.4, -0.2) is 67.4 Å². The molecule has 6 rings (SSSR count). The van der Waals surface area contributed by atoms with Crippen LogP contribution >= 0.6 is 0 Å². The van der Waals surface area contributed by atoms with E-state index in [1.807, 2.05) is 28.9 Å². The first kappa shape index (κ1) is 20.6. The lowest BCUT2D eigenvalue weighted by Crippen LogP contribution is -2.56. The second-order valence-corrected chi connectivity index (χ2v) is 9.50. The predicted octanol–water partition coefficient (Wildman–Crippen LogP) is 2.91. The maximum atomic E-state index is 13.1. The van der Waals surface area contributed by atoms with Gasteiger partial charge in [-0.1, -0.05) is 36.4 Å². The first-order chi connectivity index (χ1) is 16.2. The summed E-state index contributed by atoms with van der Waals surface area (Å²) in [5.41, 5.74) is 4.38. The third-order valence-corrected chi connectivity index (χ3v) is 7.32. The van der Waals surface area contributed by atoms with E-state index in [4.69, 9.17) is 0 Å². The molecule has 170 valence electrons. The zero-order valence-corrected chi connectivity index (χ0v) is 18.7. The summed E-state index contributed by atoms with van der Waals surface area (Å²) in [6.07, 6.45) is 5.16. The summed E-state index contributed by atoms with van der Waals surface area (Å²) in [4.78, 5) is 21.7. The summed E-state index contributed by atoms with van der Waals surface area (Å²) in [5, 5.41) is 15.3. The Kier molecular flexibility index (Phi) is 5.23. The van der Waals surface area contributed by atoms with Crippen LogP contribution in [0.3, 0.4) is 0 Å². The van der Waals surface area contributed by atoms with Crippen LogP contribution in [0.25, 0.3) is 11.4 Å². The van der Waals surface area contributed by atoms with Gasteiger partial charge in [-0.3, -0.25) is 9.69 Å². The first-order valence-electron chi connectivity index (χ1n) is 12.0. The Hall–Kier alpha value is -3.03. The highest BCUT2D eigenvalue weighted by Crippen LogP contribution is 2.37. The molecule has 0 spiro atoms.